The van der Waals surface area contributed by atoms with Crippen molar-refractivity contribution in [2.45, 2.75) is 0 Å². The third-order valence-electron chi connectivity index (χ3n) is 3.54. The molecule has 0 aliphatic rings. The van der Waals surface area contributed by atoms with E-state index in [2.05, 4.69) is 10.5 Å². The van der Waals surface area contributed by atoms with Crippen LogP contribution in [0.4, 0.5) is 0 Å². The monoisotopic (exact) mass is 387 g/mol. The first kappa shape index (κ1) is 20.6. The third-order valence-corrected chi connectivity index (χ3v) is 3.54. The molecule has 2 aromatic carbocycles. The number of nitrogens with one attached hydrogen (secondary N) is 1. The van der Waals surface area contributed by atoms with Gasteiger partial charge in [-0.1, -0.05) is 0 Å². The van der Waals surface area contributed by atoms with Gasteiger partial charge < -0.3 is 28.8 Å². The van der Waals surface area contributed by atoms with E-state index in [1.165, 1.54) is 39.7 Å². The number of methoxy groups -OCH3 is 3. The van der Waals surface area contributed by atoms with Crippen molar-refractivity contribution >= 4 is 18.1 Å². The number of aliphatic carboxylic acids is 1. The van der Waals surface area contributed by atoms with Crippen molar-refractivity contribution in [1.82, 2.24) is 5.43 Å². The number of hydrazone groups is 1. The second kappa shape index (κ2) is 9.81. The number of carboxylic acids is 1. The molecule has 0 spiro atoms. The quantitative estimate of drug-likeness (QED) is 0.494. The number of hydrogen-bond acceptors (Lipinski definition) is 8. The molecule has 9 heteroatoms. The van der Waals surface area contributed by atoms with E-state index in [0.29, 0.717) is 28.6 Å². The van der Waals surface area contributed by atoms with Crippen LogP contribution in [0.3, 0.4) is 0 Å². The average Bonchev–Trinajstić information content (AvgIpc) is 2.71. The molecule has 2 rings (SSSR count). The summed E-state index contributed by atoms with van der Waals surface area (Å²) >= 11 is 0. The number of carbonyl (C=O) groups excluding carboxylic acids is 2. The first-order chi connectivity index (χ1) is 13.5. The number of ether oxygens (including phenoxy) is 4. The number of carbonyl (C=O) groups is 2. The maximum absolute atomic E-state index is 12.3. The van der Waals surface area contributed by atoms with Gasteiger partial charge in [0.25, 0.3) is 5.91 Å². The second-order valence-electron chi connectivity index (χ2n) is 5.34. The maximum atomic E-state index is 12.3. The van der Waals surface area contributed by atoms with E-state index in [1.807, 2.05) is 0 Å². The van der Waals surface area contributed by atoms with Crippen molar-refractivity contribution in [2.75, 3.05) is 27.9 Å². The zero-order chi connectivity index (χ0) is 20.5. The van der Waals surface area contributed by atoms with Gasteiger partial charge in [-0.15, -0.1) is 0 Å². The summed E-state index contributed by atoms with van der Waals surface area (Å²) in [6, 6.07) is 9.47. The summed E-state index contributed by atoms with van der Waals surface area (Å²) in [5, 5.41) is 14.3. The Labute approximate surface area is 161 Å². The Morgan fingerprint density at radius 1 is 1.04 bits per heavy atom. The van der Waals surface area contributed by atoms with E-state index in [-0.39, 0.29) is 5.56 Å². The summed E-state index contributed by atoms with van der Waals surface area (Å²) in [4.78, 5) is 22.7. The van der Waals surface area contributed by atoms with Crippen LogP contribution in [-0.4, -0.2) is 46.0 Å². The lowest BCUT2D eigenvalue weighted by Crippen LogP contribution is -2.28. The molecule has 0 unspecified atom stereocenters. The van der Waals surface area contributed by atoms with Crippen LogP contribution < -0.4 is 29.5 Å². The molecular weight excluding hydrogens is 368 g/mol. The minimum atomic E-state index is -1.31. The summed E-state index contributed by atoms with van der Waals surface area (Å²) < 4.78 is 20.6. The Morgan fingerprint density at radius 2 is 1.64 bits per heavy atom. The molecular formula is C19H19N2O7-. The van der Waals surface area contributed by atoms with Crippen LogP contribution >= 0.6 is 0 Å². The van der Waals surface area contributed by atoms with Crippen LogP contribution in [-0.2, 0) is 4.79 Å². The highest BCUT2D eigenvalue weighted by Gasteiger charge is 2.16. The Hall–Kier alpha value is -3.75. The van der Waals surface area contributed by atoms with Crippen LogP contribution in [0, 0.1) is 0 Å². The molecule has 0 saturated heterocycles. The third kappa shape index (κ3) is 5.37. The van der Waals surface area contributed by atoms with E-state index in [9.17, 15) is 14.7 Å². The van der Waals surface area contributed by atoms with Crippen molar-refractivity contribution in [2.24, 2.45) is 5.10 Å². The number of rotatable bonds is 9. The molecule has 1 amide bonds. The zero-order valence-corrected chi connectivity index (χ0v) is 15.6. The lowest BCUT2D eigenvalue weighted by molar-refractivity contribution is -0.307. The van der Waals surface area contributed by atoms with Crippen LogP contribution in [0.15, 0.2) is 41.5 Å². The van der Waals surface area contributed by atoms with Crippen molar-refractivity contribution in [1.29, 1.82) is 0 Å². The highest BCUT2D eigenvalue weighted by Crippen LogP contribution is 2.38. The maximum Gasteiger partial charge on any atom is 0.271 e. The minimum Gasteiger partial charge on any atom is -0.546 e. The first-order valence-corrected chi connectivity index (χ1v) is 8.04. The molecule has 0 atom stereocenters. The second-order valence-corrected chi connectivity index (χ2v) is 5.34. The van der Waals surface area contributed by atoms with Gasteiger partial charge in [0.1, 0.15) is 12.4 Å². The highest BCUT2D eigenvalue weighted by atomic mass is 16.5. The summed E-state index contributed by atoms with van der Waals surface area (Å²) in [7, 11) is 4.38. The molecule has 0 aromatic heterocycles. The number of hydrogen-bond donors (Lipinski definition) is 1. The van der Waals surface area contributed by atoms with Gasteiger partial charge in [0.2, 0.25) is 5.75 Å². The first-order valence-electron chi connectivity index (χ1n) is 8.04. The Bertz CT molecular complexity index is 838. The van der Waals surface area contributed by atoms with Crippen molar-refractivity contribution in [3.8, 4) is 23.0 Å². The molecule has 0 aliphatic heterocycles. The molecule has 9 nitrogen and oxygen atoms in total. The van der Waals surface area contributed by atoms with E-state index >= 15 is 0 Å². The number of carboxylic acid groups (broad SMARTS) is 1. The van der Waals surface area contributed by atoms with Gasteiger partial charge >= 0.3 is 0 Å². The largest absolute Gasteiger partial charge is 0.546 e. The van der Waals surface area contributed by atoms with Crippen molar-refractivity contribution in [3.05, 3.63) is 47.5 Å². The average molecular weight is 387 g/mol. The van der Waals surface area contributed by atoms with Crippen LogP contribution in [0.2, 0.25) is 0 Å². The van der Waals surface area contributed by atoms with Gasteiger partial charge in [-0.2, -0.15) is 5.10 Å². The molecule has 0 radical (unpaired) electrons. The molecule has 1 N–H and O–H groups in total. The van der Waals surface area contributed by atoms with Crippen molar-refractivity contribution < 1.29 is 33.6 Å². The highest BCUT2D eigenvalue weighted by molar-refractivity contribution is 5.96. The SMILES string of the molecule is COc1cc(C(=O)N/N=C\c2ccc(OCC(=O)[O-])cc2)cc(OC)c1OC. The fourth-order valence-electron chi connectivity index (χ4n) is 2.23. The summed E-state index contributed by atoms with van der Waals surface area (Å²) in [6.07, 6.45) is 1.43. The van der Waals surface area contributed by atoms with Gasteiger partial charge in [-0.05, 0) is 42.0 Å². The Kier molecular flexibility index (Phi) is 7.21. The molecule has 0 bridgehead atoms. The fraction of sp³-hybridized carbons (Fsp3) is 0.211. The molecule has 0 aliphatic carbocycles. The molecule has 2 aromatic rings. The summed E-state index contributed by atoms with van der Waals surface area (Å²) in [5.74, 6) is -0.315. The lowest BCUT2D eigenvalue weighted by Gasteiger charge is -2.13. The van der Waals surface area contributed by atoms with E-state index < -0.39 is 18.5 Å². The molecule has 28 heavy (non-hydrogen) atoms. The summed E-state index contributed by atoms with van der Waals surface area (Å²) in [6.45, 7) is -0.529. The number of nitrogens with zero attached hydrogens (tertiary/aromatic N) is 1. The predicted octanol–water partition coefficient (Wildman–Crippen LogP) is 0.605. The zero-order valence-electron chi connectivity index (χ0n) is 15.6. The van der Waals surface area contributed by atoms with Crippen LogP contribution in [0.25, 0.3) is 0 Å². The molecule has 148 valence electrons. The van der Waals surface area contributed by atoms with E-state index in [4.69, 9.17) is 18.9 Å². The minimum absolute atomic E-state index is 0.276. The van der Waals surface area contributed by atoms with Gasteiger partial charge in [0, 0.05) is 5.56 Å². The fourth-order valence-corrected chi connectivity index (χ4v) is 2.23. The van der Waals surface area contributed by atoms with E-state index in [0.717, 1.165) is 0 Å². The number of amides is 1. The van der Waals surface area contributed by atoms with Gasteiger partial charge in [-0.3, -0.25) is 4.79 Å². The summed E-state index contributed by atoms with van der Waals surface area (Å²) in [5.41, 5.74) is 3.35. The smallest absolute Gasteiger partial charge is 0.271 e. The molecule has 0 fully saturated rings. The lowest BCUT2D eigenvalue weighted by atomic mass is 10.1. The predicted molar refractivity (Wildman–Crippen MR) is 98.1 cm³/mol. The van der Waals surface area contributed by atoms with Crippen molar-refractivity contribution in [3.63, 3.8) is 0 Å². The normalized spacial score (nSPS) is 10.4. The van der Waals surface area contributed by atoms with Gasteiger partial charge in [-0.25, -0.2) is 5.43 Å². The van der Waals surface area contributed by atoms with Crippen LogP contribution in [0.1, 0.15) is 15.9 Å². The van der Waals surface area contributed by atoms with Crippen LogP contribution in [0.5, 0.6) is 23.0 Å². The molecule has 0 heterocycles. The van der Waals surface area contributed by atoms with E-state index in [1.54, 1.807) is 24.3 Å². The number of benzene rings is 2. The molecule has 0 saturated carbocycles. The van der Waals surface area contributed by atoms with Gasteiger partial charge in [0.05, 0.1) is 33.5 Å². The van der Waals surface area contributed by atoms with Gasteiger partial charge in [0.15, 0.2) is 11.5 Å². The standard InChI is InChI=1S/C19H20N2O7/c1-25-15-8-13(9-16(26-2)18(15)27-3)19(24)21-20-10-12-4-6-14(7-5-12)28-11-17(22)23/h4-10H,11H2,1-3H3,(H,21,24)(H,22,23)/p-1/b20-10-. The topological polar surface area (TPSA) is 119 Å². The Morgan fingerprint density at radius 3 is 2.14 bits per heavy atom. The Balaban J connectivity index is 2.04.